The molecule has 2 heterocycles. The average molecular weight is 307 g/mol. The van der Waals surface area contributed by atoms with Gasteiger partial charge in [-0.05, 0) is 37.3 Å². The quantitative estimate of drug-likeness (QED) is 0.810. The molecule has 3 aliphatic rings. The molecule has 0 radical (unpaired) electrons. The van der Waals surface area contributed by atoms with Gasteiger partial charge in [0, 0.05) is 12.6 Å². The highest BCUT2D eigenvalue weighted by atomic mass is 35.5. The second-order valence-electron chi connectivity index (χ2n) is 6.53. The first-order valence-electron chi connectivity index (χ1n) is 7.79. The maximum absolute atomic E-state index is 12.6. The average Bonchev–Trinajstić information content (AvgIpc) is 2.90. The van der Waals surface area contributed by atoms with Crippen LogP contribution < -0.4 is 10.2 Å². The first-order valence-corrected chi connectivity index (χ1v) is 8.16. The summed E-state index contributed by atoms with van der Waals surface area (Å²) < 4.78 is 0. The lowest BCUT2D eigenvalue weighted by molar-refractivity contribution is -0.129. The van der Waals surface area contributed by atoms with Crippen molar-refractivity contribution >= 4 is 29.0 Å². The number of anilines is 2. The summed E-state index contributed by atoms with van der Waals surface area (Å²) >= 11 is 6.00. The number of hydrogen-bond donors (Lipinski definition) is 1. The fourth-order valence-electron chi connectivity index (χ4n) is 3.89. The normalized spacial score (nSPS) is 24.4. The molecule has 21 heavy (non-hydrogen) atoms. The number of carbonyl (C=O) groups is 1. The highest BCUT2D eigenvalue weighted by Crippen LogP contribution is 2.47. The van der Waals surface area contributed by atoms with Crippen molar-refractivity contribution in [3.05, 3.63) is 11.5 Å². The molecule has 0 bridgehead atoms. The number of carbonyl (C=O) groups excluding carboxylic acids is 1. The van der Waals surface area contributed by atoms with Gasteiger partial charge in [-0.25, -0.2) is 4.98 Å². The summed E-state index contributed by atoms with van der Waals surface area (Å²) in [6, 6.07) is 0.472. The van der Waals surface area contributed by atoms with E-state index in [9.17, 15) is 4.79 Å². The minimum atomic E-state index is -0.240. The molecule has 1 spiro atoms. The third-order valence-corrected chi connectivity index (χ3v) is 5.47. The third kappa shape index (κ3) is 2.09. The maximum atomic E-state index is 12.6. The first kappa shape index (κ1) is 13.3. The van der Waals surface area contributed by atoms with Crippen molar-refractivity contribution in [3.63, 3.8) is 0 Å². The summed E-state index contributed by atoms with van der Waals surface area (Å²) in [5.74, 6) is 0.931. The third-order valence-electron chi connectivity index (χ3n) is 5.29. The van der Waals surface area contributed by atoms with Crippen molar-refractivity contribution in [2.24, 2.45) is 5.41 Å². The zero-order valence-corrected chi connectivity index (χ0v) is 12.7. The fraction of sp³-hybridized carbons (Fsp3) is 0.667. The monoisotopic (exact) mass is 306 g/mol. The molecule has 2 fully saturated rings. The Morgan fingerprint density at radius 1 is 1.29 bits per heavy atom. The van der Waals surface area contributed by atoms with Gasteiger partial charge in [-0.15, -0.1) is 0 Å². The molecule has 1 N–H and O–H groups in total. The van der Waals surface area contributed by atoms with Crippen molar-refractivity contribution in [2.45, 2.75) is 51.0 Å². The predicted molar refractivity (Wildman–Crippen MR) is 81.6 cm³/mol. The number of amides is 1. The zero-order chi connectivity index (χ0) is 14.4. The highest BCUT2D eigenvalue weighted by molar-refractivity contribution is 6.28. The molecule has 112 valence electrons. The van der Waals surface area contributed by atoms with Gasteiger partial charge in [0.15, 0.2) is 5.82 Å². The summed E-state index contributed by atoms with van der Waals surface area (Å²) in [6.45, 7) is 0.768. The number of aromatic nitrogens is 2. The van der Waals surface area contributed by atoms with Crippen LogP contribution in [0.1, 0.15) is 44.9 Å². The van der Waals surface area contributed by atoms with E-state index in [1.165, 1.54) is 25.7 Å². The van der Waals surface area contributed by atoms with E-state index in [4.69, 9.17) is 11.6 Å². The molecular formula is C15H19ClN4O. The Bertz CT molecular complexity index is 581. The smallest absolute Gasteiger partial charge is 0.232 e. The molecule has 1 aromatic heterocycles. The number of nitrogens with one attached hydrogen (secondary N) is 1. The van der Waals surface area contributed by atoms with Gasteiger partial charge >= 0.3 is 0 Å². The molecule has 1 aliphatic heterocycles. The summed E-state index contributed by atoms with van der Waals surface area (Å²) in [5.41, 5.74) is 0.468. The number of rotatable bonds is 1. The molecule has 4 rings (SSSR count). The Morgan fingerprint density at radius 2 is 2.05 bits per heavy atom. The Labute approximate surface area is 129 Å². The van der Waals surface area contributed by atoms with Gasteiger partial charge in [0.1, 0.15) is 5.69 Å². The minimum Gasteiger partial charge on any atom is -0.351 e. The van der Waals surface area contributed by atoms with Crippen LogP contribution in [0.15, 0.2) is 6.20 Å². The van der Waals surface area contributed by atoms with Crippen molar-refractivity contribution in [1.29, 1.82) is 0 Å². The maximum Gasteiger partial charge on any atom is 0.232 e. The van der Waals surface area contributed by atoms with Crippen molar-refractivity contribution in [1.82, 2.24) is 9.97 Å². The van der Waals surface area contributed by atoms with Crippen molar-refractivity contribution < 1.29 is 4.79 Å². The lowest BCUT2D eigenvalue weighted by Crippen LogP contribution is -2.50. The van der Waals surface area contributed by atoms with Crippen LogP contribution >= 0.6 is 11.6 Å². The Balaban J connectivity index is 1.78. The van der Waals surface area contributed by atoms with E-state index in [-0.39, 0.29) is 16.6 Å². The molecule has 0 aromatic carbocycles. The molecule has 1 amide bonds. The van der Waals surface area contributed by atoms with Gasteiger partial charge in [-0.3, -0.25) is 4.79 Å². The van der Waals surface area contributed by atoms with Crippen LogP contribution in [0, 0.1) is 5.41 Å². The van der Waals surface area contributed by atoms with Gasteiger partial charge in [0.25, 0.3) is 0 Å². The van der Waals surface area contributed by atoms with Crippen LogP contribution in [0.4, 0.5) is 11.5 Å². The minimum absolute atomic E-state index is 0.126. The van der Waals surface area contributed by atoms with Gasteiger partial charge in [0.2, 0.25) is 11.2 Å². The summed E-state index contributed by atoms with van der Waals surface area (Å²) in [6.07, 6.45) is 9.56. The van der Waals surface area contributed by atoms with Crippen LogP contribution in [-0.4, -0.2) is 28.5 Å². The van der Waals surface area contributed by atoms with Crippen LogP contribution in [0.2, 0.25) is 5.28 Å². The topological polar surface area (TPSA) is 58.1 Å². The van der Waals surface area contributed by atoms with Gasteiger partial charge in [-0.1, -0.05) is 19.3 Å². The molecule has 0 unspecified atom stereocenters. The number of fused-ring (bicyclic) bond motifs is 1. The Morgan fingerprint density at radius 3 is 2.71 bits per heavy atom. The largest absolute Gasteiger partial charge is 0.351 e. The highest BCUT2D eigenvalue weighted by Gasteiger charge is 2.49. The van der Waals surface area contributed by atoms with Crippen LogP contribution in [0.5, 0.6) is 0 Å². The molecule has 0 atom stereocenters. The van der Waals surface area contributed by atoms with Crippen LogP contribution in [-0.2, 0) is 4.79 Å². The van der Waals surface area contributed by atoms with Gasteiger partial charge < -0.3 is 10.2 Å². The summed E-state index contributed by atoms with van der Waals surface area (Å²) in [5, 5.41) is 3.28. The van der Waals surface area contributed by atoms with E-state index in [0.717, 1.165) is 31.6 Å². The van der Waals surface area contributed by atoms with Crippen LogP contribution in [0.25, 0.3) is 0 Å². The van der Waals surface area contributed by atoms with E-state index in [1.54, 1.807) is 6.20 Å². The van der Waals surface area contributed by atoms with E-state index in [2.05, 4.69) is 20.2 Å². The van der Waals surface area contributed by atoms with Gasteiger partial charge in [-0.2, -0.15) is 4.98 Å². The molecule has 2 saturated carbocycles. The van der Waals surface area contributed by atoms with Crippen molar-refractivity contribution in [3.8, 4) is 0 Å². The molecule has 1 aromatic rings. The fourth-order valence-corrected chi connectivity index (χ4v) is 4.02. The number of nitrogens with zero attached hydrogens (tertiary/aromatic N) is 3. The molecule has 6 heteroatoms. The molecule has 2 aliphatic carbocycles. The van der Waals surface area contributed by atoms with E-state index < -0.39 is 0 Å². The first-order chi connectivity index (χ1) is 10.2. The SMILES string of the molecule is O=C1Nc2cnc(Cl)nc2N(C2CCCC2)CC12CCC2. The predicted octanol–water partition coefficient (Wildman–Crippen LogP) is 3.00. The number of hydrogen-bond acceptors (Lipinski definition) is 4. The second kappa shape index (κ2) is 4.83. The lowest BCUT2D eigenvalue weighted by atomic mass is 9.67. The Kier molecular flexibility index (Phi) is 3.06. The zero-order valence-electron chi connectivity index (χ0n) is 11.9. The van der Waals surface area contributed by atoms with E-state index >= 15 is 0 Å². The second-order valence-corrected chi connectivity index (χ2v) is 6.87. The molecule has 0 saturated heterocycles. The summed E-state index contributed by atoms with van der Waals surface area (Å²) in [4.78, 5) is 23.4. The molecule has 5 nitrogen and oxygen atoms in total. The number of halogens is 1. The summed E-state index contributed by atoms with van der Waals surface area (Å²) in [7, 11) is 0. The van der Waals surface area contributed by atoms with Crippen molar-refractivity contribution in [2.75, 3.05) is 16.8 Å². The standard InChI is InChI=1S/C15H19ClN4O/c16-14-17-8-11-12(19-14)20(10-4-1-2-5-10)9-15(6-3-7-15)13(21)18-11/h8,10H,1-7,9H2,(H,18,21). The molecular weight excluding hydrogens is 288 g/mol. The van der Waals surface area contributed by atoms with E-state index in [0.29, 0.717) is 11.7 Å². The lowest BCUT2D eigenvalue weighted by Gasteiger charge is -2.43. The van der Waals surface area contributed by atoms with E-state index in [1.807, 2.05) is 0 Å². The Hall–Kier alpha value is -1.36. The van der Waals surface area contributed by atoms with Gasteiger partial charge in [0.05, 0.1) is 11.6 Å². The van der Waals surface area contributed by atoms with Crippen LogP contribution in [0.3, 0.4) is 0 Å².